The van der Waals surface area contributed by atoms with Crippen LogP contribution in [0.5, 0.6) is 17.2 Å². The van der Waals surface area contributed by atoms with E-state index in [1.165, 1.54) is 38.4 Å². The quantitative estimate of drug-likeness (QED) is 0.420. The molecule has 1 aromatic heterocycles. The summed E-state index contributed by atoms with van der Waals surface area (Å²) in [7, 11) is 1.45. The highest BCUT2D eigenvalue weighted by Crippen LogP contribution is 2.29. The highest BCUT2D eigenvalue weighted by molar-refractivity contribution is 7.80. The first kappa shape index (κ1) is 30.7. The van der Waals surface area contributed by atoms with Crippen molar-refractivity contribution in [3.05, 3.63) is 48.0 Å². The number of benzene rings is 1. The van der Waals surface area contributed by atoms with E-state index in [0.29, 0.717) is 18.1 Å². The smallest absolute Gasteiger partial charge is 0.308 e. The van der Waals surface area contributed by atoms with Crippen LogP contribution >= 0.6 is 12.2 Å². The molecular weight excluding hydrogens is 463 g/mol. The summed E-state index contributed by atoms with van der Waals surface area (Å²) < 4.78 is 27.0. The molecule has 0 amide bonds. The average molecular weight is 497 g/mol. The first-order valence-electron chi connectivity index (χ1n) is 10.6. The second-order valence-corrected chi connectivity index (χ2v) is 7.85. The molecule has 0 saturated carbocycles. The Morgan fingerprint density at radius 1 is 1.24 bits per heavy atom. The SMILES string of the molecule is CCC(=O)OC(C)CC(C)C.COc1ccnc(C(N)=S)c1OC(C)=O.Oc1cccc(F)c1. The van der Waals surface area contributed by atoms with E-state index in [9.17, 15) is 14.0 Å². The molecule has 10 heteroatoms. The van der Waals surface area contributed by atoms with Crippen molar-refractivity contribution in [1.82, 2.24) is 4.98 Å². The van der Waals surface area contributed by atoms with E-state index in [4.69, 9.17) is 37.3 Å². The number of phenols is 1. The van der Waals surface area contributed by atoms with E-state index in [0.717, 1.165) is 12.5 Å². The van der Waals surface area contributed by atoms with Gasteiger partial charge in [0.2, 0.25) is 5.75 Å². The van der Waals surface area contributed by atoms with Crippen LogP contribution in [0.25, 0.3) is 0 Å². The maximum absolute atomic E-state index is 12.0. The fourth-order valence-electron chi connectivity index (χ4n) is 2.50. The van der Waals surface area contributed by atoms with E-state index in [1.807, 2.05) is 13.8 Å². The molecule has 1 unspecified atom stereocenters. The minimum atomic E-state index is -0.487. The number of pyridine rings is 1. The van der Waals surface area contributed by atoms with Crippen molar-refractivity contribution in [2.75, 3.05) is 7.11 Å². The van der Waals surface area contributed by atoms with Crippen molar-refractivity contribution in [2.24, 2.45) is 11.7 Å². The molecule has 8 nitrogen and oxygen atoms in total. The minimum Gasteiger partial charge on any atom is -0.508 e. The third-order valence-electron chi connectivity index (χ3n) is 3.80. The number of halogens is 1. The van der Waals surface area contributed by atoms with Crippen molar-refractivity contribution in [2.45, 2.75) is 53.6 Å². The average Bonchev–Trinajstić information content (AvgIpc) is 2.73. The molecule has 0 aliphatic heterocycles. The predicted octanol–water partition coefficient (Wildman–Crippen LogP) is 4.56. The zero-order valence-corrected chi connectivity index (χ0v) is 21.1. The number of aromatic hydroxyl groups is 1. The van der Waals surface area contributed by atoms with E-state index < -0.39 is 11.8 Å². The summed E-state index contributed by atoms with van der Waals surface area (Å²) >= 11 is 4.78. The molecule has 2 aromatic rings. The number of nitrogens with zero attached hydrogens (tertiary/aromatic N) is 1. The highest BCUT2D eigenvalue weighted by atomic mass is 32.1. The molecule has 0 fully saturated rings. The summed E-state index contributed by atoms with van der Waals surface area (Å²) in [5.41, 5.74) is 5.67. The third kappa shape index (κ3) is 13.3. The van der Waals surface area contributed by atoms with Gasteiger partial charge in [-0.05, 0) is 31.4 Å². The summed E-state index contributed by atoms with van der Waals surface area (Å²) in [6.07, 6.45) is 2.97. The van der Waals surface area contributed by atoms with Crippen molar-refractivity contribution >= 4 is 29.1 Å². The van der Waals surface area contributed by atoms with E-state index in [2.05, 4.69) is 18.8 Å². The molecule has 34 heavy (non-hydrogen) atoms. The Balaban J connectivity index is 0.000000506. The molecule has 0 aliphatic rings. The van der Waals surface area contributed by atoms with Crippen LogP contribution in [-0.4, -0.2) is 40.2 Å². The van der Waals surface area contributed by atoms with Gasteiger partial charge in [-0.15, -0.1) is 0 Å². The molecule has 0 bridgehead atoms. The molecule has 0 spiro atoms. The number of carbonyl (C=O) groups is 2. The number of rotatable bonds is 7. The van der Waals surface area contributed by atoms with Crippen LogP contribution in [-0.2, 0) is 14.3 Å². The fourth-order valence-corrected chi connectivity index (χ4v) is 2.65. The van der Waals surface area contributed by atoms with Gasteiger partial charge in [0.25, 0.3) is 0 Å². The van der Waals surface area contributed by atoms with E-state index in [-0.39, 0.29) is 34.3 Å². The second-order valence-electron chi connectivity index (χ2n) is 7.41. The number of aromatic nitrogens is 1. The van der Waals surface area contributed by atoms with E-state index in [1.54, 1.807) is 6.07 Å². The van der Waals surface area contributed by atoms with Gasteiger partial charge in [-0.1, -0.05) is 39.1 Å². The molecule has 1 heterocycles. The lowest BCUT2D eigenvalue weighted by molar-refractivity contribution is -0.148. The lowest BCUT2D eigenvalue weighted by Gasteiger charge is -2.14. The lowest BCUT2D eigenvalue weighted by atomic mass is 10.1. The Hall–Kier alpha value is -3.27. The maximum atomic E-state index is 12.0. The Labute approximate surface area is 205 Å². The van der Waals surface area contributed by atoms with Gasteiger partial charge in [0.05, 0.1) is 13.2 Å². The Morgan fingerprint density at radius 2 is 1.88 bits per heavy atom. The van der Waals surface area contributed by atoms with E-state index >= 15 is 0 Å². The van der Waals surface area contributed by atoms with Crippen LogP contribution in [0.3, 0.4) is 0 Å². The first-order valence-corrected chi connectivity index (χ1v) is 11.0. The molecule has 0 aliphatic carbocycles. The Morgan fingerprint density at radius 3 is 2.29 bits per heavy atom. The molecule has 1 atom stereocenters. The third-order valence-corrected chi connectivity index (χ3v) is 3.99. The number of hydrogen-bond donors (Lipinski definition) is 2. The standard InChI is InChI=1S/C9H10N2O3S.C9H18O2.C6H5FO/c1-5(12)14-8-6(13-2)3-4-11-7(8)9(10)15;1-5-9(10)11-8(4)6-7(2)3;7-5-2-1-3-6(8)4-5/h3-4H,1-2H3,(H2,10,15);7-8H,5-6H2,1-4H3;1-4,8H. The molecule has 1 aromatic carbocycles. The zero-order valence-electron chi connectivity index (χ0n) is 20.3. The van der Waals surface area contributed by atoms with Crippen molar-refractivity contribution in [3.8, 4) is 17.2 Å². The van der Waals surface area contributed by atoms with Gasteiger partial charge in [-0.2, -0.15) is 0 Å². The van der Waals surface area contributed by atoms with Crippen molar-refractivity contribution in [3.63, 3.8) is 0 Å². The second kappa shape index (κ2) is 16.4. The number of nitrogens with two attached hydrogens (primary N) is 1. The van der Waals surface area contributed by atoms with Gasteiger partial charge < -0.3 is 25.1 Å². The number of methoxy groups -OCH3 is 1. The highest BCUT2D eigenvalue weighted by Gasteiger charge is 2.15. The van der Waals surface area contributed by atoms with Gasteiger partial charge in [0, 0.05) is 31.7 Å². The lowest BCUT2D eigenvalue weighted by Crippen LogP contribution is -2.15. The Kier molecular flexibility index (Phi) is 14.8. The van der Waals surface area contributed by atoms with Gasteiger partial charge in [-0.25, -0.2) is 9.37 Å². The van der Waals surface area contributed by atoms with Crippen LogP contribution in [0, 0.1) is 11.7 Å². The largest absolute Gasteiger partial charge is 0.508 e. The number of carbonyl (C=O) groups excluding carboxylic acids is 2. The summed E-state index contributed by atoms with van der Waals surface area (Å²) in [5.74, 6) is 0.0737. The molecule has 188 valence electrons. The summed E-state index contributed by atoms with van der Waals surface area (Å²) in [4.78, 5) is 25.6. The monoisotopic (exact) mass is 496 g/mol. The van der Waals surface area contributed by atoms with Gasteiger partial charge in [0.15, 0.2) is 5.75 Å². The zero-order chi connectivity index (χ0) is 26.3. The topological polar surface area (TPSA) is 121 Å². The summed E-state index contributed by atoms with van der Waals surface area (Å²) in [6, 6.07) is 6.76. The fraction of sp³-hybridized carbons (Fsp3) is 0.417. The molecular formula is C24H33FN2O6S. The van der Waals surface area contributed by atoms with Crippen molar-refractivity contribution < 1.29 is 33.3 Å². The number of ether oxygens (including phenoxy) is 3. The van der Waals surface area contributed by atoms with Crippen LogP contribution in [0.1, 0.15) is 53.2 Å². The van der Waals surface area contributed by atoms with Crippen molar-refractivity contribution in [1.29, 1.82) is 0 Å². The Bertz CT molecular complexity index is 922. The number of esters is 2. The van der Waals surface area contributed by atoms with Crippen LogP contribution < -0.4 is 15.2 Å². The van der Waals surface area contributed by atoms with Crippen LogP contribution in [0.15, 0.2) is 36.5 Å². The van der Waals surface area contributed by atoms with Crippen LogP contribution in [0.2, 0.25) is 0 Å². The maximum Gasteiger partial charge on any atom is 0.308 e. The van der Waals surface area contributed by atoms with Gasteiger partial charge >= 0.3 is 11.9 Å². The number of thiocarbonyl (C=S) groups is 1. The normalized spacial score (nSPS) is 10.6. The molecule has 2 rings (SSSR count). The minimum absolute atomic E-state index is 0.0370. The summed E-state index contributed by atoms with van der Waals surface area (Å²) in [5, 5.41) is 8.57. The van der Waals surface area contributed by atoms with Gasteiger partial charge in [0.1, 0.15) is 22.2 Å². The summed E-state index contributed by atoms with van der Waals surface area (Å²) in [6.45, 7) is 9.26. The first-order chi connectivity index (χ1) is 15.9. The molecule has 3 N–H and O–H groups in total. The van der Waals surface area contributed by atoms with Gasteiger partial charge in [-0.3, -0.25) is 9.59 Å². The van der Waals surface area contributed by atoms with Crippen LogP contribution in [0.4, 0.5) is 4.39 Å². The predicted molar refractivity (Wildman–Crippen MR) is 131 cm³/mol. The molecule has 0 saturated heterocycles. The molecule has 0 radical (unpaired) electrons. The number of hydrogen-bond acceptors (Lipinski definition) is 8. The number of phenolic OH excluding ortho intramolecular Hbond substituents is 1.